The van der Waals surface area contributed by atoms with Gasteiger partial charge >= 0.3 is 10.1 Å². The van der Waals surface area contributed by atoms with Crippen molar-refractivity contribution in [3.8, 4) is 5.75 Å². The van der Waals surface area contributed by atoms with Gasteiger partial charge in [0.2, 0.25) is 0 Å². The molecule has 0 saturated carbocycles. The monoisotopic (exact) mass is 344 g/mol. The highest BCUT2D eigenvalue weighted by atomic mass is 127. The van der Waals surface area contributed by atoms with Crippen LogP contribution in [-0.4, -0.2) is 14.2 Å². The Balaban J connectivity index is 2.56. The van der Waals surface area contributed by atoms with Crippen molar-refractivity contribution in [2.24, 2.45) is 0 Å². The van der Waals surface area contributed by atoms with E-state index in [0.717, 1.165) is 5.56 Å². The molecule has 0 radical (unpaired) electrons. The van der Waals surface area contributed by atoms with E-state index in [1.165, 1.54) is 0 Å². The van der Waals surface area contributed by atoms with Crippen LogP contribution < -0.4 is 4.18 Å². The highest BCUT2D eigenvalue weighted by Gasteiger charge is 2.29. The first kappa shape index (κ1) is 10.5. The van der Waals surface area contributed by atoms with Gasteiger partial charge in [0, 0.05) is 10.6 Å². The normalized spacial score (nSPS) is 23.7. The largest absolute Gasteiger partial charge is 0.382 e. The molecule has 0 aromatic heterocycles. The van der Waals surface area contributed by atoms with Crippen molar-refractivity contribution >= 4 is 44.3 Å². The average Bonchev–Trinajstić information content (AvgIpc) is 2.05. The topological polar surface area (TPSA) is 43.4 Å². The Labute approximate surface area is 101 Å². The Morgan fingerprint density at radius 3 is 2.93 bits per heavy atom. The number of hydrogen-bond donors (Lipinski definition) is 0. The summed E-state index contributed by atoms with van der Waals surface area (Å²) in [5, 5.41) is 0.591. The number of benzene rings is 1. The van der Waals surface area contributed by atoms with Gasteiger partial charge in [-0.3, -0.25) is 0 Å². The number of hydrogen-bond acceptors (Lipinski definition) is 3. The van der Waals surface area contributed by atoms with Crippen molar-refractivity contribution in [2.75, 3.05) is 5.75 Å². The predicted octanol–water partition coefficient (Wildman–Crippen LogP) is 2.54. The minimum Gasteiger partial charge on any atom is -0.382 e. The Hall–Kier alpha value is -0.0100. The van der Waals surface area contributed by atoms with Crippen LogP contribution in [0.2, 0.25) is 5.02 Å². The molecule has 14 heavy (non-hydrogen) atoms. The molecular formula is C8H6ClIO3S. The molecule has 1 atom stereocenters. The molecular weight excluding hydrogens is 339 g/mol. The lowest BCUT2D eigenvalue weighted by Crippen LogP contribution is -2.22. The molecule has 1 aromatic rings. The fraction of sp³-hybridized carbons (Fsp3) is 0.250. The molecule has 76 valence electrons. The van der Waals surface area contributed by atoms with Gasteiger partial charge in [0.1, 0.15) is 11.5 Å². The Kier molecular flexibility index (Phi) is 2.65. The summed E-state index contributed by atoms with van der Waals surface area (Å²) in [5.74, 6) is 0.390. The minimum absolute atomic E-state index is 0.000895. The predicted molar refractivity (Wildman–Crippen MR) is 62.6 cm³/mol. The quantitative estimate of drug-likeness (QED) is 0.413. The van der Waals surface area contributed by atoms with Crippen LogP contribution in [-0.2, 0) is 10.1 Å². The molecule has 1 aromatic carbocycles. The number of halogens is 2. The van der Waals surface area contributed by atoms with Crippen LogP contribution in [0.25, 0.3) is 0 Å². The SMILES string of the molecule is O=S1(=O)CC(I)c2cc(Cl)ccc2O1. The molecule has 0 saturated heterocycles. The number of alkyl halides is 1. The minimum atomic E-state index is -3.41. The van der Waals surface area contributed by atoms with Crippen molar-refractivity contribution in [3.05, 3.63) is 28.8 Å². The smallest absolute Gasteiger partial charge is 0.310 e. The van der Waals surface area contributed by atoms with Gasteiger partial charge < -0.3 is 4.18 Å². The summed E-state index contributed by atoms with van der Waals surface area (Å²) in [4.78, 5) is 0. The fourth-order valence-electron chi connectivity index (χ4n) is 1.28. The zero-order valence-corrected chi connectivity index (χ0v) is 10.6. The van der Waals surface area contributed by atoms with Crippen LogP contribution in [0.3, 0.4) is 0 Å². The van der Waals surface area contributed by atoms with Crippen LogP contribution in [0.4, 0.5) is 0 Å². The molecule has 0 bridgehead atoms. The number of rotatable bonds is 0. The third kappa shape index (κ3) is 1.99. The van der Waals surface area contributed by atoms with Gasteiger partial charge in [-0.05, 0) is 18.2 Å². The standard InChI is InChI=1S/C8H6ClIO3S/c9-5-1-2-8-6(3-5)7(10)4-14(11,12)13-8/h1-3,7H,4H2. The fourth-order valence-corrected chi connectivity index (χ4v) is 4.30. The summed E-state index contributed by atoms with van der Waals surface area (Å²) in [6, 6.07) is 4.94. The van der Waals surface area contributed by atoms with E-state index in [9.17, 15) is 8.42 Å². The second kappa shape index (κ2) is 3.53. The second-order valence-electron chi connectivity index (χ2n) is 2.96. The Bertz CT molecular complexity index is 471. The lowest BCUT2D eigenvalue weighted by Gasteiger charge is -2.21. The average molecular weight is 345 g/mol. The molecule has 2 rings (SSSR count). The molecule has 1 heterocycles. The molecule has 0 amide bonds. The van der Waals surface area contributed by atoms with Crippen LogP contribution in [0.1, 0.15) is 9.49 Å². The van der Waals surface area contributed by atoms with Crippen molar-refractivity contribution in [2.45, 2.75) is 3.92 Å². The third-order valence-electron chi connectivity index (χ3n) is 1.88. The highest BCUT2D eigenvalue weighted by Crippen LogP contribution is 2.39. The summed E-state index contributed by atoms with van der Waals surface area (Å²) in [7, 11) is -3.41. The zero-order valence-electron chi connectivity index (χ0n) is 6.91. The molecule has 3 nitrogen and oxygen atoms in total. The van der Waals surface area contributed by atoms with E-state index in [1.54, 1.807) is 18.2 Å². The molecule has 1 unspecified atom stereocenters. The second-order valence-corrected chi connectivity index (χ2v) is 6.51. The zero-order chi connectivity index (χ0) is 10.3. The van der Waals surface area contributed by atoms with Gasteiger partial charge in [0.25, 0.3) is 0 Å². The first-order chi connectivity index (χ1) is 6.48. The number of fused-ring (bicyclic) bond motifs is 1. The maximum atomic E-state index is 11.2. The van der Waals surface area contributed by atoms with Crippen LogP contribution >= 0.6 is 34.2 Å². The molecule has 0 fully saturated rings. The van der Waals surface area contributed by atoms with E-state index in [2.05, 4.69) is 22.6 Å². The van der Waals surface area contributed by atoms with Gasteiger partial charge in [-0.25, -0.2) is 0 Å². The van der Waals surface area contributed by atoms with Crippen molar-refractivity contribution in [1.29, 1.82) is 0 Å². The first-order valence-corrected chi connectivity index (χ1v) is 7.04. The van der Waals surface area contributed by atoms with E-state index in [1.807, 2.05) is 0 Å². The van der Waals surface area contributed by atoms with Gasteiger partial charge in [-0.1, -0.05) is 34.2 Å². The molecule has 0 N–H and O–H groups in total. The van der Waals surface area contributed by atoms with Crippen LogP contribution in [0.15, 0.2) is 18.2 Å². The van der Waals surface area contributed by atoms with Crippen LogP contribution in [0.5, 0.6) is 5.75 Å². The maximum Gasteiger partial charge on any atom is 0.310 e. The first-order valence-electron chi connectivity index (χ1n) is 3.83. The highest BCUT2D eigenvalue weighted by molar-refractivity contribution is 14.1. The summed E-state index contributed by atoms with van der Waals surface area (Å²) < 4.78 is 27.3. The van der Waals surface area contributed by atoms with Crippen molar-refractivity contribution in [3.63, 3.8) is 0 Å². The summed E-state index contributed by atoms with van der Waals surface area (Å²) >= 11 is 7.88. The molecule has 0 aliphatic carbocycles. The van der Waals surface area contributed by atoms with Gasteiger partial charge in [0.15, 0.2) is 0 Å². The van der Waals surface area contributed by atoms with Crippen molar-refractivity contribution < 1.29 is 12.6 Å². The summed E-state index contributed by atoms with van der Waals surface area (Å²) in [6.07, 6.45) is 0. The molecule has 1 aliphatic rings. The summed E-state index contributed by atoms with van der Waals surface area (Å²) in [6.45, 7) is 0. The van der Waals surface area contributed by atoms with E-state index < -0.39 is 10.1 Å². The molecule has 1 aliphatic heterocycles. The van der Waals surface area contributed by atoms with E-state index >= 15 is 0 Å². The van der Waals surface area contributed by atoms with Crippen molar-refractivity contribution in [1.82, 2.24) is 0 Å². The lowest BCUT2D eigenvalue weighted by atomic mass is 10.1. The Morgan fingerprint density at radius 2 is 2.21 bits per heavy atom. The Morgan fingerprint density at radius 1 is 1.50 bits per heavy atom. The molecule has 6 heteroatoms. The van der Waals surface area contributed by atoms with Crippen LogP contribution in [0, 0.1) is 0 Å². The van der Waals surface area contributed by atoms with Gasteiger partial charge in [-0.2, -0.15) is 8.42 Å². The lowest BCUT2D eigenvalue weighted by molar-refractivity contribution is 0.473. The van der Waals surface area contributed by atoms with E-state index in [-0.39, 0.29) is 9.68 Å². The third-order valence-corrected chi connectivity index (χ3v) is 5.00. The van der Waals surface area contributed by atoms with E-state index in [4.69, 9.17) is 15.8 Å². The molecule has 0 spiro atoms. The maximum absolute atomic E-state index is 11.2. The van der Waals surface area contributed by atoms with E-state index in [0.29, 0.717) is 10.8 Å². The van der Waals surface area contributed by atoms with Gasteiger partial charge in [-0.15, -0.1) is 0 Å². The van der Waals surface area contributed by atoms with Gasteiger partial charge in [0.05, 0.1) is 3.92 Å². The summed E-state index contributed by atoms with van der Waals surface area (Å²) in [5.41, 5.74) is 0.841.